The summed E-state index contributed by atoms with van der Waals surface area (Å²) in [4.78, 5) is -0.0713. The van der Waals surface area contributed by atoms with Gasteiger partial charge in [-0.05, 0) is 38.1 Å². The van der Waals surface area contributed by atoms with Gasteiger partial charge in [-0.3, -0.25) is 4.68 Å². The minimum absolute atomic E-state index is 0.0713. The molecule has 0 radical (unpaired) electrons. The molecule has 0 aliphatic rings. The second-order valence-electron chi connectivity index (χ2n) is 4.82. The van der Waals surface area contributed by atoms with Gasteiger partial charge in [0.05, 0.1) is 22.0 Å². The molecule has 5 nitrogen and oxygen atoms in total. The third-order valence-corrected chi connectivity index (χ3v) is 4.56. The SMILES string of the molecule is CC(C)n1ccc(CS(=O)(=O)c2ccc(F)cc2N)n1. The van der Waals surface area contributed by atoms with Gasteiger partial charge in [0.1, 0.15) is 5.82 Å². The molecule has 0 amide bonds. The van der Waals surface area contributed by atoms with Crippen molar-refractivity contribution in [1.29, 1.82) is 0 Å². The summed E-state index contributed by atoms with van der Waals surface area (Å²) in [5, 5.41) is 4.19. The van der Waals surface area contributed by atoms with Crippen LogP contribution in [0.3, 0.4) is 0 Å². The topological polar surface area (TPSA) is 78.0 Å². The van der Waals surface area contributed by atoms with E-state index in [-0.39, 0.29) is 22.4 Å². The number of hydrogen-bond donors (Lipinski definition) is 1. The van der Waals surface area contributed by atoms with Crippen LogP contribution in [0.2, 0.25) is 0 Å². The largest absolute Gasteiger partial charge is 0.398 e. The molecule has 0 spiro atoms. The van der Waals surface area contributed by atoms with Gasteiger partial charge in [0, 0.05) is 12.2 Å². The molecule has 7 heteroatoms. The van der Waals surface area contributed by atoms with E-state index < -0.39 is 15.7 Å². The number of anilines is 1. The van der Waals surface area contributed by atoms with Gasteiger partial charge in [-0.2, -0.15) is 5.10 Å². The van der Waals surface area contributed by atoms with Crippen molar-refractivity contribution in [3.05, 3.63) is 42.0 Å². The van der Waals surface area contributed by atoms with Crippen LogP contribution >= 0.6 is 0 Å². The molecule has 1 aromatic heterocycles. The molecule has 2 rings (SSSR count). The first-order chi connectivity index (χ1) is 9.29. The van der Waals surface area contributed by atoms with Crippen molar-refractivity contribution in [2.24, 2.45) is 0 Å². The van der Waals surface area contributed by atoms with Crippen LogP contribution in [-0.2, 0) is 15.6 Å². The van der Waals surface area contributed by atoms with Crippen LogP contribution in [-0.4, -0.2) is 18.2 Å². The van der Waals surface area contributed by atoms with Crippen LogP contribution in [0.5, 0.6) is 0 Å². The molecule has 0 aliphatic carbocycles. The lowest BCUT2D eigenvalue weighted by atomic mass is 10.3. The average Bonchev–Trinajstić information content (AvgIpc) is 2.76. The number of nitrogens with zero attached hydrogens (tertiary/aromatic N) is 2. The van der Waals surface area contributed by atoms with E-state index in [4.69, 9.17) is 5.73 Å². The Kier molecular flexibility index (Phi) is 3.80. The van der Waals surface area contributed by atoms with Crippen molar-refractivity contribution < 1.29 is 12.8 Å². The highest BCUT2D eigenvalue weighted by molar-refractivity contribution is 7.90. The number of benzene rings is 1. The van der Waals surface area contributed by atoms with Crippen molar-refractivity contribution in [2.75, 3.05) is 5.73 Å². The third kappa shape index (κ3) is 2.98. The molecule has 0 unspecified atom stereocenters. The summed E-state index contributed by atoms with van der Waals surface area (Å²) in [5.41, 5.74) is 5.91. The van der Waals surface area contributed by atoms with E-state index in [0.717, 1.165) is 12.1 Å². The van der Waals surface area contributed by atoms with Crippen molar-refractivity contribution >= 4 is 15.5 Å². The Morgan fingerprint density at radius 1 is 1.35 bits per heavy atom. The van der Waals surface area contributed by atoms with Gasteiger partial charge in [0.2, 0.25) is 0 Å². The second-order valence-corrected chi connectivity index (χ2v) is 6.78. The van der Waals surface area contributed by atoms with Crippen molar-refractivity contribution in [2.45, 2.75) is 30.5 Å². The summed E-state index contributed by atoms with van der Waals surface area (Å²) >= 11 is 0. The first-order valence-electron chi connectivity index (χ1n) is 6.11. The Morgan fingerprint density at radius 3 is 2.60 bits per heavy atom. The van der Waals surface area contributed by atoms with Gasteiger partial charge >= 0.3 is 0 Å². The van der Waals surface area contributed by atoms with E-state index in [1.807, 2.05) is 13.8 Å². The highest BCUT2D eigenvalue weighted by atomic mass is 32.2. The number of aromatic nitrogens is 2. The lowest BCUT2D eigenvalue weighted by Crippen LogP contribution is -2.09. The van der Waals surface area contributed by atoms with Gasteiger partial charge < -0.3 is 5.73 Å². The highest BCUT2D eigenvalue weighted by Gasteiger charge is 2.20. The summed E-state index contributed by atoms with van der Waals surface area (Å²) in [5.74, 6) is -0.826. The Morgan fingerprint density at radius 2 is 2.05 bits per heavy atom. The molecule has 0 aliphatic heterocycles. The van der Waals surface area contributed by atoms with Gasteiger partial charge in [-0.25, -0.2) is 12.8 Å². The average molecular weight is 297 g/mol. The van der Waals surface area contributed by atoms with Gasteiger partial charge in [-0.15, -0.1) is 0 Å². The Hall–Kier alpha value is -1.89. The number of sulfone groups is 1. The van der Waals surface area contributed by atoms with Gasteiger partial charge in [-0.1, -0.05) is 0 Å². The number of rotatable bonds is 4. The first kappa shape index (κ1) is 14.5. The molecule has 0 bridgehead atoms. The van der Waals surface area contributed by atoms with Crippen LogP contribution < -0.4 is 5.73 Å². The Balaban J connectivity index is 2.30. The van der Waals surface area contributed by atoms with Crippen LogP contribution in [0, 0.1) is 5.82 Å². The molecule has 1 heterocycles. The summed E-state index contributed by atoms with van der Waals surface area (Å²) in [6.07, 6.45) is 1.73. The van der Waals surface area contributed by atoms with E-state index >= 15 is 0 Å². The van der Waals surface area contributed by atoms with Crippen LogP contribution in [0.15, 0.2) is 35.4 Å². The molecule has 2 aromatic rings. The fourth-order valence-corrected chi connectivity index (χ4v) is 3.21. The fraction of sp³-hybridized carbons (Fsp3) is 0.308. The molecular weight excluding hydrogens is 281 g/mol. The quantitative estimate of drug-likeness (QED) is 0.693. The van der Waals surface area contributed by atoms with E-state index in [1.54, 1.807) is 16.9 Å². The van der Waals surface area contributed by atoms with Crippen LogP contribution in [0.4, 0.5) is 10.1 Å². The van der Waals surface area contributed by atoms with Crippen LogP contribution in [0.1, 0.15) is 25.6 Å². The van der Waals surface area contributed by atoms with Crippen LogP contribution in [0.25, 0.3) is 0 Å². The fourth-order valence-electron chi connectivity index (χ4n) is 1.82. The lowest BCUT2D eigenvalue weighted by Gasteiger charge is -2.07. The molecular formula is C13H16FN3O2S. The molecule has 108 valence electrons. The highest BCUT2D eigenvalue weighted by Crippen LogP contribution is 2.23. The predicted molar refractivity (Wildman–Crippen MR) is 74.3 cm³/mol. The molecule has 1 aromatic carbocycles. The van der Waals surface area contributed by atoms with E-state index in [0.29, 0.717) is 5.69 Å². The van der Waals surface area contributed by atoms with Gasteiger partial charge in [0.15, 0.2) is 9.84 Å². The van der Waals surface area contributed by atoms with Crippen molar-refractivity contribution in [1.82, 2.24) is 9.78 Å². The Labute approximate surface area is 117 Å². The number of halogens is 1. The summed E-state index contributed by atoms with van der Waals surface area (Å²) in [6, 6.07) is 5.06. The van der Waals surface area contributed by atoms with Crippen molar-refractivity contribution in [3.8, 4) is 0 Å². The second kappa shape index (κ2) is 5.24. The molecule has 20 heavy (non-hydrogen) atoms. The predicted octanol–water partition coefficient (Wildman–Crippen LogP) is 2.16. The monoisotopic (exact) mass is 297 g/mol. The minimum Gasteiger partial charge on any atom is -0.398 e. The Bertz CT molecular complexity index is 723. The molecule has 0 fully saturated rings. The van der Waals surface area contributed by atoms with E-state index in [2.05, 4.69) is 5.10 Å². The standard InChI is InChI=1S/C13H16FN3O2S/c1-9(2)17-6-5-11(16-17)8-20(18,19)13-4-3-10(14)7-12(13)15/h3-7,9H,8,15H2,1-2H3. The minimum atomic E-state index is -3.64. The maximum Gasteiger partial charge on any atom is 0.186 e. The smallest absolute Gasteiger partial charge is 0.186 e. The van der Waals surface area contributed by atoms with Gasteiger partial charge in [0.25, 0.3) is 0 Å². The zero-order chi connectivity index (χ0) is 14.9. The lowest BCUT2D eigenvalue weighted by molar-refractivity contribution is 0.527. The summed E-state index contributed by atoms with van der Waals surface area (Å²) < 4.78 is 39.2. The number of nitrogen functional groups attached to an aromatic ring is 1. The van der Waals surface area contributed by atoms with E-state index in [1.165, 1.54) is 6.07 Å². The molecule has 2 N–H and O–H groups in total. The van der Waals surface area contributed by atoms with Crippen molar-refractivity contribution in [3.63, 3.8) is 0 Å². The zero-order valence-corrected chi connectivity index (χ0v) is 12.1. The first-order valence-corrected chi connectivity index (χ1v) is 7.76. The number of nitrogens with two attached hydrogens (primary N) is 1. The summed E-state index contributed by atoms with van der Waals surface area (Å²) in [7, 11) is -3.64. The maximum atomic E-state index is 13.0. The zero-order valence-electron chi connectivity index (χ0n) is 11.2. The molecule has 0 saturated heterocycles. The third-order valence-electron chi connectivity index (χ3n) is 2.84. The number of hydrogen-bond acceptors (Lipinski definition) is 4. The molecule has 0 saturated carbocycles. The summed E-state index contributed by atoms with van der Waals surface area (Å²) in [6.45, 7) is 3.90. The maximum absolute atomic E-state index is 13.0. The normalized spacial score (nSPS) is 12.0. The van der Waals surface area contributed by atoms with E-state index in [9.17, 15) is 12.8 Å². The molecule has 0 atom stereocenters.